The lowest BCUT2D eigenvalue weighted by atomic mass is 10.0. The molecule has 0 spiro atoms. The van der Waals surface area contributed by atoms with Gasteiger partial charge in [0.2, 0.25) is 0 Å². The zero-order valence-electron chi connectivity index (χ0n) is 11.7. The highest BCUT2D eigenvalue weighted by molar-refractivity contribution is 5.85. The first kappa shape index (κ1) is 16.0. The van der Waals surface area contributed by atoms with Gasteiger partial charge in [0, 0.05) is 0 Å². The number of rotatable bonds is 4. The topological polar surface area (TPSA) is 81.1 Å². The zero-order chi connectivity index (χ0) is 13.8. The molecule has 0 unspecified atom stereocenters. The van der Waals surface area contributed by atoms with Gasteiger partial charge in [0.1, 0.15) is 0 Å². The third kappa shape index (κ3) is 3.71. The van der Waals surface area contributed by atoms with E-state index in [1.54, 1.807) is 13.1 Å². The summed E-state index contributed by atoms with van der Waals surface area (Å²) in [5, 5.41) is 11.8. The van der Waals surface area contributed by atoms with E-state index in [4.69, 9.17) is 5.84 Å². The molecule has 0 aliphatic rings. The van der Waals surface area contributed by atoms with Crippen LogP contribution in [0.2, 0.25) is 0 Å². The molecule has 2 rings (SSSR count). The number of nitrogens with two attached hydrogens (primary N) is 1. The van der Waals surface area contributed by atoms with Gasteiger partial charge in [-0.2, -0.15) is 5.10 Å². The summed E-state index contributed by atoms with van der Waals surface area (Å²) in [6.07, 6.45) is 1.72. The fourth-order valence-corrected chi connectivity index (χ4v) is 1.58. The van der Waals surface area contributed by atoms with Crippen molar-refractivity contribution in [2.24, 2.45) is 5.10 Å². The summed E-state index contributed by atoms with van der Waals surface area (Å²) in [7, 11) is 0. The minimum Gasteiger partial charge on any atom is -0.335 e. The van der Waals surface area contributed by atoms with Gasteiger partial charge in [-0.1, -0.05) is 38.1 Å². The lowest BCUT2D eigenvalue weighted by Gasteiger charge is -2.04. The normalized spacial score (nSPS) is 10.8. The lowest BCUT2D eigenvalue weighted by molar-refractivity contribution is 0.866. The first-order valence-electron chi connectivity index (χ1n) is 6.14. The Hall–Kier alpha value is -2.08. The molecular formula is C13H19ClN6. The van der Waals surface area contributed by atoms with Gasteiger partial charge in [0.25, 0.3) is 5.95 Å². The summed E-state index contributed by atoms with van der Waals surface area (Å²) < 4.78 is 1.35. The summed E-state index contributed by atoms with van der Waals surface area (Å²) in [6.45, 7) is 6.11. The predicted molar refractivity (Wildman–Crippen MR) is 83.9 cm³/mol. The average molecular weight is 295 g/mol. The maximum atomic E-state index is 5.69. The number of hydrazone groups is 1. The Morgan fingerprint density at radius 3 is 2.40 bits per heavy atom. The minimum absolute atomic E-state index is 0. The summed E-state index contributed by atoms with van der Waals surface area (Å²) in [5.74, 6) is 7.25. The van der Waals surface area contributed by atoms with Gasteiger partial charge in [0.15, 0.2) is 5.82 Å². The summed E-state index contributed by atoms with van der Waals surface area (Å²) >= 11 is 0. The third-order valence-corrected chi connectivity index (χ3v) is 2.85. The standard InChI is InChI=1S/C13H18N6.ClH/c1-9(2)12-6-4-11(5-7-12)8-15-17-13-18-16-10(3)19(13)14;/h4-9H,14H2,1-3H3,(H,17,18);1H. The number of anilines is 1. The summed E-state index contributed by atoms with van der Waals surface area (Å²) in [4.78, 5) is 0. The third-order valence-electron chi connectivity index (χ3n) is 2.85. The molecule has 3 N–H and O–H groups in total. The number of hydrogen-bond acceptors (Lipinski definition) is 5. The van der Waals surface area contributed by atoms with Crippen molar-refractivity contribution in [3.8, 4) is 0 Å². The second-order valence-electron chi connectivity index (χ2n) is 4.63. The molecule has 0 saturated carbocycles. The molecule has 0 fully saturated rings. The number of hydrogen-bond donors (Lipinski definition) is 2. The molecule has 6 nitrogen and oxygen atoms in total. The largest absolute Gasteiger partial charge is 0.335 e. The molecule has 0 aliphatic heterocycles. The van der Waals surface area contributed by atoms with Crippen molar-refractivity contribution < 1.29 is 0 Å². The van der Waals surface area contributed by atoms with E-state index in [0.717, 1.165) is 5.56 Å². The van der Waals surface area contributed by atoms with Crippen molar-refractivity contribution >= 4 is 24.6 Å². The maximum absolute atomic E-state index is 5.69. The number of aryl methyl sites for hydroxylation is 1. The van der Waals surface area contributed by atoms with Crippen LogP contribution in [0.4, 0.5) is 5.95 Å². The predicted octanol–water partition coefficient (Wildman–Crippen LogP) is 2.29. The quantitative estimate of drug-likeness (QED) is 0.515. The number of nitrogens with zero attached hydrogens (tertiary/aromatic N) is 4. The number of benzene rings is 1. The van der Waals surface area contributed by atoms with Crippen molar-refractivity contribution in [1.29, 1.82) is 0 Å². The lowest BCUT2D eigenvalue weighted by Crippen LogP contribution is -2.13. The molecule has 7 heteroatoms. The zero-order valence-corrected chi connectivity index (χ0v) is 12.6. The van der Waals surface area contributed by atoms with Crippen LogP contribution in [0.5, 0.6) is 0 Å². The van der Waals surface area contributed by atoms with Crippen LogP contribution < -0.4 is 11.3 Å². The Bertz CT molecular complexity index is 573. The number of nitrogens with one attached hydrogen (secondary N) is 1. The number of aromatic nitrogens is 3. The molecule has 0 saturated heterocycles. The van der Waals surface area contributed by atoms with Crippen LogP contribution in [-0.2, 0) is 0 Å². The molecule has 0 radical (unpaired) electrons. The Kier molecular flexibility index (Phi) is 5.52. The van der Waals surface area contributed by atoms with Crippen LogP contribution in [0.25, 0.3) is 0 Å². The van der Waals surface area contributed by atoms with E-state index in [1.165, 1.54) is 10.2 Å². The second kappa shape index (κ2) is 6.91. The highest BCUT2D eigenvalue weighted by atomic mass is 35.5. The monoisotopic (exact) mass is 294 g/mol. The first-order chi connectivity index (χ1) is 9.08. The molecule has 20 heavy (non-hydrogen) atoms. The van der Waals surface area contributed by atoms with Gasteiger partial charge >= 0.3 is 0 Å². The van der Waals surface area contributed by atoms with E-state index in [1.807, 2.05) is 12.1 Å². The van der Waals surface area contributed by atoms with E-state index in [9.17, 15) is 0 Å². The van der Waals surface area contributed by atoms with Crippen molar-refractivity contribution in [1.82, 2.24) is 14.9 Å². The highest BCUT2D eigenvalue weighted by Gasteiger charge is 2.02. The van der Waals surface area contributed by atoms with Crippen LogP contribution >= 0.6 is 12.4 Å². The summed E-state index contributed by atoms with van der Waals surface area (Å²) in [6, 6.07) is 8.25. The Morgan fingerprint density at radius 1 is 1.25 bits per heavy atom. The molecule has 0 amide bonds. The number of halogens is 1. The molecule has 2 aromatic rings. The van der Waals surface area contributed by atoms with E-state index in [-0.39, 0.29) is 12.4 Å². The molecule has 108 valence electrons. The van der Waals surface area contributed by atoms with Gasteiger partial charge in [-0.3, -0.25) is 0 Å². The fraction of sp³-hybridized carbons (Fsp3) is 0.308. The SMILES string of the molecule is Cc1nnc(NN=Cc2ccc(C(C)C)cc2)n1N.Cl. The maximum Gasteiger partial charge on any atom is 0.263 e. The molecule has 1 heterocycles. The van der Waals surface area contributed by atoms with Gasteiger partial charge in [0.05, 0.1) is 6.21 Å². The molecule has 0 aliphatic carbocycles. The Morgan fingerprint density at radius 2 is 1.90 bits per heavy atom. The van der Waals surface area contributed by atoms with Crippen LogP contribution in [0.1, 0.15) is 36.7 Å². The van der Waals surface area contributed by atoms with Crippen LogP contribution in [-0.4, -0.2) is 21.1 Å². The Balaban J connectivity index is 0.00000200. The molecular weight excluding hydrogens is 276 g/mol. The van der Waals surface area contributed by atoms with Crippen molar-refractivity contribution in [2.45, 2.75) is 26.7 Å². The molecule has 1 aromatic carbocycles. The van der Waals surface area contributed by atoms with Gasteiger partial charge in [-0.15, -0.1) is 22.6 Å². The highest BCUT2D eigenvalue weighted by Crippen LogP contribution is 2.13. The van der Waals surface area contributed by atoms with E-state index in [2.05, 4.69) is 46.7 Å². The Labute approximate surface area is 124 Å². The summed E-state index contributed by atoms with van der Waals surface area (Å²) in [5.41, 5.74) is 5.07. The van der Waals surface area contributed by atoms with Gasteiger partial charge in [-0.05, 0) is 24.0 Å². The molecule has 0 atom stereocenters. The average Bonchev–Trinajstić information content (AvgIpc) is 2.71. The van der Waals surface area contributed by atoms with E-state index >= 15 is 0 Å². The second-order valence-corrected chi connectivity index (χ2v) is 4.63. The minimum atomic E-state index is 0. The van der Waals surface area contributed by atoms with Gasteiger partial charge in [-0.25, -0.2) is 10.1 Å². The smallest absolute Gasteiger partial charge is 0.263 e. The first-order valence-corrected chi connectivity index (χ1v) is 6.14. The van der Waals surface area contributed by atoms with E-state index in [0.29, 0.717) is 17.7 Å². The fourth-order valence-electron chi connectivity index (χ4n) is 1.58. The van der Waals surface area contributed by atoms with Gasteiger partial charge < -0.3 is 5.84 Å². The number of nitrogen functional groups attached to an aromatic ring is 1. The van der Waals surface area contributed by atoms with Crippen molar-refractivity contribution in [3.63, 3.8) is 0 Å². The van der Waals surface area contributed by atoms with Crippen molar-refractivity contribution in [2.75, 3.05) is 11.3 Å². The van der Waals surface area contributed by atoms with Crippen LogP contribution in [0.15, 0.2) is 29.4 Å². The molecule has 0 bridgehead atoms. The van der Waals surface area contributed by atoms with E-state index < -0.39 is 0 Å². The van der Waals surface area contributed by atoms with Crippen molar-refractivity contribution in [3.05, 3.63) is 41.2 Å². The van der Waals surface area contributed by atoms with Crippen LogP contribution in [0, 0.1) is 6.92 Å². The molecule has 1 aromatic heterocycles. The van der Waals surface area contributed by atoms with Crippen LogP contribution in [0.3, 0.4) is 0 Å².